The van der Waals surface area contributed by atoms with Crippen LogP contribution in [0.3, 0.4) is 0 Å². The number of aliphatic carboxylic acids is 1. The summed E-state index contributed by atoms with van der Waals surface area (Å²) in [4.78, 5) is 34.6. The maximum Gasteiger partial charge on any atom is 0.323 e. The fourth-order valence-electron chi connectivity index (χ4n) is 2.22. The van der Waals surface area contributed by atoms with Crippen molar-refractivity contribution in [2.45, 2.75) is 46.7 Å². The van der Waals surface area contributed by atoms with Crippen molar-refractivity contribution in [2.75, 3.05) is 6.54 Å². The van der Waals surface area contributed by atoms with E-state index in [0.29, 0.717) is 11.4 Å². The first-order valence-electron chi connectivity index (χ1n) is 6.84. The SMILES string of the molecule is Cc1nn(CCC(=O)N(CC(=O)O)C(C)C)c(C)c1[N+](=O)[O-]. The zero-order valence-electron chi connectivity index (χ0n) is 13.1. The van der Waals surface area contributed by atoms with Crippen LogP contribution >= 0.6 is 0 Å². The third kappa shape index (κ3) is 4.03. The van der Waals surface area contributed by atoms with Crippen LogP contribution < -0.4 is 0 Å². The number of carbonyl (C=O) groups excluding carboxylic acids is 1. The summed E-state index contributed by atoms with van der Waals surface area (Å²) in [5.41, 5.74) is 0.615. The molecule has 1 rings (SSSR count). The van der Waals surface area contributed by atoms with Gasteiger partial charge in [-0.3, -0.25) is 24.4 Å². The van der Waals surface area contributed by atoms with E-state index >= 15 is 0 Å². The van der Waals surface area contributed by atoms with Crippen molar-refractivity contribution in [3.8, 4) is 0 Å². The number of carboxylic acids is 1. The quantitative estimate of drug-likeness (QED) is 0.595. The predicted octanol–water partition coefficient (Wildman–Crippen LogP) is 1.12. The summed E-state index contributed by atoms with van der Waals surface area (Å²) in [5, 5.41) is 23.8. The Labute approximate surface area is 127 Å². The Kier molecular flexibility index (Phi) is 5.61. The zero-order valence-corrected chi connectivity index (χ0v) is 13.1. The molecule has 1 N–H and O–H groups in total. The molecule has 1 aromatic rings. The van der Waals surface area contributed by atoms with E-state index in [1.807, 2.05) is 0 Å². The molecule has 0 aliphatic carbocycles. The molecule has 9 nitrogen and oxygen atoms in total. The average molecular weight is 312 g/mol. The fraction of sp³-hybridized carbons (Fsp3) is 0.615. The van der Waals surface area contributed by atoms with Crippen LogP contribution in [0.15, 0.2) is 0 Å². The summed E-state index contributed by atoms with van der Waals surface area (Å²) in [6.45, 7) is 6.37. The molecule has 0 aliphatic rings. The van der Waals surface area contributed by atoms with Crippen LogP contribution in [-0.4, -0.2) is 49.2 Å². The Morgan fingerprint density at radius 2 is 2.00 bits per heavy atom. The minimum absolute atomic E-state index is 0.0323. The molecule has 0 saturated heterocycles. The Morgan fingerprint density at radius 3 is 2.41 bits per heavy atom. The standard InChI is InChI=1S/C13H20N4O5/c1-8(2)15(7-12(19)20)11(18)5-6-16-10(4)13(17(21)22)9(3)14-16/h8H,5-7H2,1-4H3,(H,19,20). The van der Waals surface area contributed by atoms with E-state index in [1.54, 1.807) is 20.8 Å². The highest BCUT2D eigenvalue weighted by molar-refractivity contribution is 5.81. The highest BCUT2D eigenvalue weighted by Gasteiger charge is 2.23. The van der Waals surface area contributed by atoms with Gasteiger partial charge in [-0.2, -0.15) is 5.10 Å². The van der Waals surface area contributed by atoms with Crippen molar-refractivity contribution in [3.05, 3.63) is 21.5 Å². The second kappa shape index (κ2) is 7.01. The molecule has 0 radical (unpaired) electrons. The Bertz CT molecular complexity index is 593. The number of carbonyl (C=O) groups is 2. The number of carboxylic acid groups (broad SMARTS) is 1. The molecular formula is C13H20N4O5. The summed E-state index contributed by atoms with van der Waals surface area (Å²) < 4.78 is 1.41. The minimum atomic E-state index is -1.08. The number of hydrogen-bond acceptors (Lipinski definition) is 5. The van der Waals surface area contributed by atoms with Crippen molar-refractivity contribution < 1.29 is 19.6 Å². The molecule has 0 atom stereocenters. The van der Waals surface area contributed by atoms with Crippen LogP contribution in [-0.2, 0) is 16.1 Å². The predicted molar refractivity (Wildman–Crippen MR) is 77.5 cm³/mol. The van der Waals surface area contributed by atoms with E-state index in [-0.39, 0.29) is 37.1 Å². The molecule has 122 valence electrons. The average Bonchev–Trinajstić information content (AvgIpc) is 2.67. The number of nitro groups is 1. The fourth-order valence-corrected chi connectivity index (χ4v) is 2.22. The second-order valence-electron chi connectivity index (χ2n) is 5.26. The van der Waals surface area contributed by atoms with E-state index in [1.165, 1.54) is 16.5 Å². The molecule has 0 bridgehead atoms. The van der Waals surface area contributed by atoms with Crippen molar-refractivity contribution in [1.82, 2.24) is 14.7 Å². The van der Waals surface area contributed by atoms with E-state index in [4.69, 9.17) is 5.11 Å². The highest BCUT2D eigenvalue weighted by atomic mass is 16.6. The van der Waals surface area contributed by atoms with Crippen LogP contribution in [0.25, 0.3) is 0 Å². The first-order chi connectivity index (χ1) is 10.1. The third-order valence-corrected chi connectivity index (χ3v) is 3.31. The largest absolute Gasteiger partial charge is 0.480 e. The Morgan fingerprint density at radius 1 is 1.41 bits per heavy atom. The van der Waals surface area contributed by atoms with Gasteiger partial charge in [0, 0.05) is 12.5 Å². The molecule has 0 fully saturated rings. The van der Waals surface area contributed by atoms with Gasteiger partial charge in [-0.05, 0) is 27.7 Å². The lowest BCUT2D eigenvalue weighted by molar-refractivity contribution is -0.386. The van der Waals surface area contributed by atoms with Gasteiger partial charge in [-0.25, -0.2) is 0 Å². The lowest BCUT2D eigenvalue weighted by atomic mass is 10.2. The molecule has 0 unspecified atom stereocenters. The van der Waals surface area contributed by atoms with Gasteiger partial charge in [0.05, 0.1) is 11.5 Å². The molecule has 0 aromatic carbocycles. The Hall–Kier alpha value is -2.45. The first-order valence-corrected chi connectivity index (χ1v) is 6.84. The second-order valence-corrected chi connectivity index (χ2v) is 5.26. The van der Waals surface area contributed by atoms with Crippen LogP contribution in [0.5, 0.6) is 0 Å². The van der Waals surface area contributed by atoms with Gasteiger partial charge >= 0.3 is 11.7 Å². The summed E-state index contributed by atoms with van der Waals surface area (Å²) >= 11 is 0. The molecule has 1 amide bonds. The van der Waals surface area contributed by atoms with Gasteiger partial charge < -0.3 is 10.0 Å². The molecule has 0 aliphatic heterocycles. The minimum Gasteiger partial charge on any atom is -0.480 e. The van der Waals surface area contributed by atoms with Gasteiger partial charge in [-0.1, -0.05) is 0 Å². The maximum atomic E-state index is 12.1. The van der Waals surface area contributed by atoms with Crippen LogP contribution in [0.1, 0.15) is 31.7 Å². The van der Waals surface area contributed by atoms with E-state index < -0.39 is 10.9 Å². The molecule has 9 heteroatoms. The first kappa shape index (κ1) is 17.6. The number of hydrogen-bond donors (Lipinski definition) is 1. The number of aryl methyl sites for hydroxylation is 2. The number of nitrogens with zero attached hydrogens (tertiary/aromatic N) is 4. The van der Waals surface area contributed by atoms with E-state index in [9.17, 15) is 19.7 Å². The van der Waals surface area contributed by atoms with Gasteiger partial charge in [-0.15, -0.1) is 0 Å². The lowest BCUT2D eigenvalue weighted by Crippen LogP contribution is -2.41. The normalized spacial score (nSPS) is 10.8. The molecule has 1 heterocycles. The third-order valence-electron chi connectivity index (χ3n) is 3.31. The number of amides is 1. The van der Waals surface area contributed by atoms with Crippen molar-refractivity contribution in [3.63, 3.8) is 0 Å². The molecule has 22 heavy (non-hydrogen) atoms. The summed E-state index contributed by atoms with van der Waals surface area (Å²) in [6, 6.07) is -0.238. The topological polar surface area (TPSA) is 119 Å². The van der Waals surface area contributed by atoms with Gasteiger partial charge in [0.25, 0.3) is 0 Å². The lowest BCUT2D eigenvalue weighted by Gasteiger charge is -2.24. The van der Waals surface area contributed by atoms with Gasteiger partial charge in [0.1, 0.15) is 17.9 Å². The summed E-state index contributed by atoms with van der Waals surface area (Å²) in [6.07, 6.45) is 0.0323. The maximum absolute atomic E-state index is 12.1. The monoisotopic (exact) mass is 312 g/mol. The Balaban J connectivity index is 2.81. The smallest absolute Gasteiger partial charge is 0.323 e. The van der Waals surface area contributed by atoms with Crippen LogP contribution in [0, 0.1) is 24.0 Å². The zero-order chi connectivity index (χ0) is 17.0. The van der Waals surface area contributed by atoms with Gasteiger partial charge in [0.15, 0.2) is 0 Å². The van der Waals surface area contributed by atoms with E-state index in [0.717, 1.165) is 0 Å². The van der Waals surface area contributed by atoms with Gasteiger partial charge in [0.2, 0.25) is 5.91 Å². The number of rotatable bonds is 7. The van der Waals surface area contributed by atoms with E-state index in [2.05, 4.69) is 5.10 Å². The molecular weight excluding hydrogens is 292 g/mol. The van der Waals surface area contributed by atoms with Crippen LogP contribution in [0.2, 0.25) is 0 Å². The summed E-state index contributed by atoms with van der Waals surface area (Å²) in [7, 11) is 0. The molecule has 0 saturated carbocycles. The summed E-state index contributed by atoms with van der Waals surface area (Å²) in [5.74, 6) is -1.41. The van der Waals surface area contributed by atoms with Crippen molar-refractivity contribution in [1.29, 1.82) is 0 Å². The van der Waals surface area contributed by atoms with Crippen molar-refractivity contribution in [2.24, 2.45) is 0 Å². The highest BCUT2D eigenvalue weighted by Crippen LogP contribution is 2.22. The van der Waals surface area contributed by atoms with Crippen LogP contribution in [0.4, 0.5) is 5.69 Å². The van der Waals surface area contributed by atoms with Crippen molar-refractivity contribution >= 4 is 17.6 Å². The number of aromatic nitrogens is 2. The molecule has 0 spiro atoms. The molecule has 1 aromatic heterocycles.